The zero-order valence-electron chi connectivity index (χ0n) is 14.9. The molecule has 1 fully saturated rings. The first-order valence-corrected chi connectivity index (χ1v) is 9.05. The van der Waals surface area contributed by atoms with Crippen molar-refractivity contribution < 1.29 is 4.79 Å². The van der Waals surface area contributed by atoms with Crippen molar-refractivity contribution in [2.75, 3.05) is 24.5 Å². The molecule has 1 amide bonds. The molecule has 3 rings (SSSR count). The first-order valence-electron chi connectivity index (χ1n) is 9.05. The van der Waals surface area contributed by atoms with Gasteiger partial charge in [-0.15, -0.1) is 0 Å². The molecule has 1 aliphatic rings. The normalized spacial score (nSPS) is 15.3. The van der Waals surface area contributed by atoms with Gasteiger partial charge in [0.05, 0.1) is 0 Å². The molecule has 1 aliphatic heterocycles. The van der Waals surface area contributed by atoms with E-state index < -0.39 is 0 Å². The molecule has 2 aromatic carbocycles. The van der Waals surface area contributed by atoms with Gasteiger partial charge in [0.15, 0.2) is 0 Å². The van der Waals surface area contributed by atoms with Crippen molar-refractivity contribution in [1.82, 2.24) is 5.32 Å². The minimum atomic E-state index is -0.238. The Bertz CT molecular complexity index is 721. The van der Waals surface area contributed by atoms with Gasteiger partial charge in [-0.25, -0.2) is 0 Å². The molecule has 0 spiro atoms. The van der Waals surface area contributed by atoms with Crippen LogP contribution in [0.25, 0.3) is 11.1 Å². The predicted octanol–water partition coefficient (Wildman–Crippen LogP) is 3.10. The summed E-state index contributed by atoms with van der Waals surface area (Å²) in [5.74, 6) is -0.238. The van der Waals surface area contributed by atoms with Crippen LogP contribution in [0, 0.1) is 6.92 Å². The molecule has 0 aliphatic carbocycles. The van der Waals surface area contributed by atoms with Crippen LogP contribution in [-0.2, 0) is 4.79 Å². The van der Waals surface area contributed by atoms with Crippen LogP contribution >= 0.6 is 0 Å². The van der Waals surface area contributed by atoms with Crippen LogP contribution in [0.5, 0.6) is 0 Å². The fraction of sp³-hybridized carbons (Fsp3) is 0.381. The molecular weight excluding hydrogens is 310 g/mol. The summed E-state index contributed by atoms with van der Waals surface area (Å²) in [6.45, 7) is 4.88. The number of rotatable bonds is 6. The van der Waals surface area contributed by atoms with Crippen LogP contribution in [0.1, 0.15) is 24.8 Å². The topological polar surface area (TPSA) is 58.4 Å². The van der Waals surface area contributed by atoms with Crippen molar-refractivity contribution in [2.24, 2.45) is 5.73 Å². The van der Waals surface area contributed by atoms with E-state index in [0.717, 1.165) is 25.9 Å². The number of carbonyl (C=O) groups excluding carboxylic acids is 1. The molecule has 0 unspecified atom stereocenters. The average molecular weight is 337 g/mol. The highest BCUT2D eigenvalue weighted by Crippen LogP contribution is 2.27. The van der Waals surface area contributed by atoms with Gasteiger partial charge in [-0.3, -0.25) is 4.79 Å². The van der Waals surface area contributed by atoms with Gasteiger partial charge in [-0.1, -0.05) is 42.0 Å². The Labute approximate surface area is 150 Å². The third-order valence-corrected chi connectivity index (χ3v) is 4.86. The van der Waals surface area contributed by atoms with Crippen molar-refractivity contribution in [2.45, 2.75) is 32.2 Å². The fourth-order valence-corrected chi connectivity index (χ4v) is 3.45. The van der Waals surface area contributed by atoms with E-state index in [2.05, 4.69) is 65.7 Å². The summed E-state index contributed by atoms with van der Waals surface area (Å²) in [6, 6.07) is 17.9. The molecular formula is C21H27N3O. The SMILES string of the molecule is Cc1cccc(-c2cccc(N3CCC(NCCC(N)=O)CC3)c2)c1. The highest BCUT2D eigenvalue weighted by Gasteiger charge is 2.19. The highest BCUT2D eigenvalue weighted by molar-refractivity contribution is 5.73. The van der Waals surface area contributed by atoms with Crippen LogP contribution in [-0.4, -0.2) is 31.6 Å². The monoisotopic (exact) mass is 337 g/mol. The number of nitrogens with zero attached hydrogens (tertiary/aromatic N) is 1. The smallest absolute Gasteiger partial charge is 0.218 e. The summed E-state index contributed by atoms with van der Waals surface area (Å²) in [6.07, 6.45) is 2.60. The highest BCUT2D eigenvalue weighted by atomic mass is 16.1. The summed E-state index contributed by atoms with van der Waals surface area (Å²) < 4.78 is 0. The minimum absolute atomic E-state index is 0.238. The van der Waals surface area contributed by atoms with Gasteiger partial charge < -0.3 is 16.0 Å². The number of hydrogen-bond acceptors (Lipinski definition) is 3. The Morgan fingerprint density at radius 2 is 1.80 bits per heavy atom. The molecule has 4 heteroatoms. The number of nitrogens with one attached hydrogen (secondary N) is 1. The zero-order valence-corrected chi connectivity index (χ0v) is 14.9. The number of anilines is 1. The van der Waals surface area contributed by atoms with Gasteiger partial charge in [0.25, 0.3) is 0 Å². The number of benzene rings is 2. The molecule has 3 N–H and O–H groups in total. The van der Waals surface area contributed by atoms with Crippen LogP contribution in [0.4, 0.5) is 5.69 Å². The van der Waals surface area contributed by atoms with Crippen molar-refractivity contribution >= 4 is 11.6 Å². The van der Waals surface area contributed by atoms with Gasteiger partial charge >= 0.3 is 0 Å². The number of carbonyl (C=O) groups is 1. The van der Waals surface area contributed by atoms with E-state index in [1.165, 1.54) is 22.4 Å². The van der Waals surface area contributed by atoms with Crippen LogP contribution in [0.3, 0.4) is 0 Å². The molecule has 4 nitrogen and oxygen atoms in total. The van der Waals surface area contributed by atoms with Gasteiger partial charge in [0, 0.05) is 37.8 Å². The number of nitrogens with two attached hydrogens (primary N) is 1. The van der Waals surface area contributed by atoms with E-state index in [-0.39, 0.29) is 5.91 Å². The summed E-state index contributed by atoms with van der Waals surface area (Å²) in [5.41, 5.74) is 10.3. The zero-order chi connectivity index (χ0) is 17.6. The second kappa shape index (κ2) is 8.17. The Balaban J connectivity index is 1.60. The minimum Gasteiger partial charge on any atom is -0.371 e. The van der Waals surface area contributed by atoms with Crippen LogP contribution in [0.15, 0.2) is 48.5 Å². The molecule has 0 saturated carbocycles. The molecule has 25 heavy (non-hydrogen) atoms. The lowest BCUT2D eigenvalue weighted by Gasteiger charge is -2.34. The molecule has 2 aromatic rings. The molecule has 1 saturated heterocycles. The molecule has 132 valence electrons. The lowest BCUT2D eigenvalue weighted by Crippen LogP contribution is -2.43. The second-order valence-electron chi connectivity index (χ2n) is 6.85. The average Bonchev–Trinajstić information content (AvgIpc) is 2.62. The third kappa shape index (κ3) is 4.83. The Hall–Kier alpha value is -2.33. The lowest BCUT2D eigenvalue weighted by molar-refractivity contribution is -0.117. The molecule has 1 heterocycles. The first kappa shape index (κ1) is 17.5. The number of hydrogen-bond donors (Lipinski definition) is 2. The first-order chi connectivity index (χ1) is 12.1. The van der Waals surface area contributed by atoms with Crippen molar-refractivity contribution in [3.8, 4) is 11.1 Å². The number of primary amides is 1. The van der Waals surface area contributed by atoms with E-state index >= 15 is 0 Å². The Morgan fingerprint density at radius 3 is 2.48 bits per heavy atom. The quantitative estimate of drug-likeness (QED) is 0.851. The fourth-order valence-electron chi connectivity index (χ4n) is 3.45. The Kier molecular flexibility index (Phi) is 5.71. The molecule has 0 atom stereocenters. The van der Waals surface area contributed by atoms with Gasteiger partial charge in [0.1, 0.15) is 0 Å². The number of aryl methyl sites for hydroxylation is 1. The van der Waals surface area contributed by atoms with E-state index in [4.69, 9.17) is 5.73 Å². The van der Waals surface area contributed by atoms with E-state index in [1.807, 2.05) is 0 Å². The van der Waals surface area contributed by atoms with Crippen molar-refractivity contribution in [3.63, 3.8) is 0 Å². The largest absolute Gasteiger partial charge is 0.371 e. The maximum atomic E-state index is 10.8. The number of amides is 1. The molecule has 0 bridgehead atoms. The van der Waals surface area contributed by atoms with Crippen molar-refractivity contribution in [3.05, 3.63) is 54.1 Å². The van der Waals surface area contributed by atoms with E-state index in [0.29, 0.717) is 19.0 Å². The maximum Gasteiger partial charge on any atom is 0.218 e. The third-order valence-electron chi connectivity index (χ3n) is 4.86. The summed E-state index contributed by atoms with van der Waals surface area (Å²) in [7, 11) is 0. The Morgan fingerprint density at radius 1 is 1.12 bits per heavy atom. The molecule has 0 radical (unpaired) electrons. The van der Waals surface area contributed by atoms with E-state index in [9.17, 15) is 4.79 Å². The summed E-state index contributed by atoms with van der Waals surface area (Å²) in [4.78, 5) is 13.3. The predicted molar refractivity (Wildman–Crippen MR) is 104 cm³/mol. The van der Waals surface area contributed by atoms with E-state index in [1.54, 1.807) is 0 Å². The standard InChI is InChI=1S/C21H27N3O/c1-16-4-2-5-17(14-16)18-6-3-7-20(15-18)24-12-9-19(10-13-24)23-11-8-21(22)25/h2-7,14-15,19,23H,8-13H2,1H3,(H2,22,25). The van der Waals surface area contributed by atoms with Gasteiger partial charge in [0.2, 0.25) is 5.91 Å². The lowest BCUT2D eigenvalue weighted by atomic mass is 10.0. The molecule has 0 aromatic heterocycles. The number of piperidine rings is 1. The van der Waals surface area contributed by atoms with Crippen LogP contribution < -0.4 is 16.0 Å². The second-order valence-corrected chi connectivity index (χ2v) is 6.85. The summed E-state index contributed by atoms with van der Waals surface area (Å²) in [5, 5.41) is 3.44. The van der Waals surface area contributed by atoms with Gasteiger partial charge in [-0.05, 0) is 43.0 Å². The van der Waals surface area contributed by atoms with Gasteiger partial charge in [-0.2, -0.15) is 0 Å². The van der Waals surface area contributed by atoms with Crippen LogP contribution in [0.2, 0.25) is 0 Å². The summed E-state index contributed by atoms with van der Waals surface area (Å²) >= 11 is 0. The maximum absolute atomic E-state index is 10.8. The van der Waals surface area contributed by atoms with Crippen molar-refractivity contribution in [1.29, 1.82) is 0 Å².